The summed E-state index contributed by atoms with van der Waals surface area (Å²) < 4.78 is 7.69. The van der Waals surface area contributed by atoms with Gasteiger partial charge < -0.3 is 10.2 Å². The smallest absolute Gasteiger partial charge is 0.332 e. The van der Waals surface area contributed by atoms with Gasteiger partial charge in [0.05, 0.1) is 19.4 Å². The lowest BCUT2D eigenvalue weighted by atomic mass is 10.1. The first kappa shape index (κ1) is 22.3. The summed E-state index contributed by atoms with van der Waals surface area (Å²) in [6, 6.07) is 13.3. The molecule has 0 aliphatic carbocycles. The number of carbonyl (C=O) groups is 1. The van der Waals surface area contributed by atoms with E-state index < -0.39 is 17.0 Å². The molecule has 0 aliphatic rings. The number of anilines is 1. The third-order valence-electron chi connectivity index (χ3n) is 4.99. The van der Waals surface area contributed by atoms with Gasteiger partial charge in [0.25, 0.3) is 5.56 Å². The van der Waals surface area contributed by atoms with Gasteiger partial charge in [-0.15, -0.1) is 0 Å². The van der Waals surface area contributed by atoms with Crippen LogP contribution in [0, 0.1) is 5.92 Å². The molecular weight excluding hydrogens is 396 g/mol. The Balaban J connectivity index is 1.94. The maximum Gasteiger partial charge on any atom is 0.332 e. The fraction of sp³-hybridized carbons (Fsp3) is 0.348. The van der Waals surface area contributed by atoms with Crippen LogP contribution in [-0.4, -0.2) is 26.4 Å². The second-order valence-electron chi connectivity index (χ2n) is 8.04. The second-order valence-corrected chi connectivity index (χ2v) is 8.04. The van der Waals surface area contributed by atoms with Gasteiger partial charge in [0.2, 0.25) is 0 Å². The number of nitrogens with zero attached hydrogens (tertiary/aromatic N) is 3. The number of rotatable bonds is 9. The standard InChI is InChI=1S/C23H28N4O4/c1-16(2)12-27-21(24)20(22(29)25(3)23(27)30)19(28)15-26(14-18-10-7-11-31-18)13-17-8-5-4-6-9-17/h4-11,16H,12-15,24H2,1-3H3. The molecule has 2 aromatic heterocycles. The van der Waals surface area contributed by atoms with Crippen LogP contribution in [0.2, 0.25) is 0 Å². The fourth-order valence-corrected chi connectivity index (χ4v) is 3.50. The van der Waals surface area contributed by atoms with E-state index in [2.05, 4.69) is 0 Å². The lowest BCUT2D eigenvalue weighted by Crippen LogP contribution is -2.44. The summed E-state index contributed by atoms with van der Waals surface area (Å²) in [5.41, 5.74) is 5.83. The minimum atomic E-state index is -0.676. The number of benzene rings is 1. The molecule has 0 unspecified atom stereocenters. The van der Waals surface area contributed by atoms with E-state index in [9.17, 15) is 14.4 Å². The lowest BCUT2D eigenvalue weighted by molar-refractivity contribution is 0.0912. The molecule has 0 amide bonds. The molecule has 0 bridgehead atoms. The number of furan rings is 1. The molecule has 3 rings (SSSR count). The minimum absolute atomic E-state index is 0.0467. The van der Waals surface area contributed by atoms with Crippen molar-refractivity contribution in [3.8, 4) is 0 Å². The molecule has 0 radical (unpaired) electrons. The predicted octanol–water partition coefficient (Wildman–Crippen LogP) is 2.26. The molecule has 0 saturated heterocycles. The molecule has 8 heteroatoms. The van der Waals surface area contributed by atoms with Crippen LogP contribution < -0.4 is 17.0 Å². The summed E-state index contributed by atoms with van der Waals surface area (Å²) in [6.45, 7) is 5.01. The van der Waals surface area contributed by atoms with Gasteiger partial charge in [-0.2, -0.15) is 0 Å². The fourth-order valence-electron chi connectivity index (χ4n) is 3.50. The van der Waals surface area contributed by atoms with Crippen LogP contribution in [0.25, 0.3) is 0 Å². The number of nitrogen functional groups attached to an aromatic ring is 1. The Morgan fingerprint density at radius 2 is 1.81 bits per heavy atom. The second kappa shape index (κ2) is 9.61. The zero-order valence-corrected chi connectivity index (χ0v) is 18.1. The summed E-state index contributed by atoms with van der Waals surface area (Å²) in [5, 5.41) is 0. The Labute approximate surface area is 180 Å². The van der Waals surface area contributed by atoms with E-state index in [1.165, 1.54) is 11.6 Å². The molecule has 8 nitrogen and oxygen atoms in total. The van der Waals surface area contributed by atoms with Gasteiger partial charge in [-0.25, -0.2) is 4.79 Å². The van der Waals surface area contributed by atoms with Gasteiger partial charge in [-0.3, -0.25) is 23.6 Å². The summed E-state index contributed by atoms with van der Waals surface area (Å²) in [7, 11) is 1.36. The largest absolute Gasteiger partial charge is 0.468 e. The molecule has 0 saturated carbocycles. The number of Topliss-reactive ketones (excluding diaryl/α,β-unsaturated/α-hetero) is 1. The van der Waals surface area contributed by atoms with Crippen molar-refractivity contribution in [3.05, 3.63) is 86.5 Å². The Hall–Kier alpha value is -3.39. The molecule has 0 atom stereocenters. The van der Waals surface area contributed by atoms with Gasteiger partial charge in [0.1, 0.15) is 17.1 Å². The number of hydrogen-bond donors (Lipinski definition) is 1. The molecule has 31 heavy (non-hydrogen) atoms. The number of ketones is 1. The first-order chi connectivity index (χ1) is 14.8. The third-order valence-corrected chi connectivity index (χ3v) is 4.99. The number of carbonyl (C=O) groups excluding carboxylic acids is 1. The first-order valence-electron chi connectivity index (χ1n) is 10.2. The average Bonchev–Trinajstić information content (AvgIpc) is 3.23. The Morgan fingerprint density at radius 1 is 1.10 bits per heavy atom. The summed E-state index contributed by atoms with van der Waals surface area (Å²) in [5.74, 6) is 0.311. The average molecular weight is 425 g/mol. The lowest BCUT2D eigenvalue weighted by Gasteiger charge is -2.22. The summed E-state index contributed by atoms with van der Waals surface area (Å²) in [4.78, 5) is 40.4. The topological polar surface area (TPSA) is 103 Å². The molecule has 3 aromatic rings. The molecular formula is C23H28N4O4. The van der Waals surface area contributed by atoms with Crippen LogP contribution in [0.1, 0.15) is 35.5 Å². The number of hydrogen-bond acceptors (Lipinski definition) is 6. The van der Waals surface area contributed by atoms with Gasteiger partial charge in [-0.05, 0) is 23.6 Å². The highest BCUT2D eigenvalue weighted by Gasteiger charge is 2.24. The van der Waals surface area contributed by atoms with Crippen molar-refractivity contribution in [1.82, 2.24) is 14.0 Å². The van der Waals surface area contributed by atoms with E-state index in [0.717, 1.165) is 10.1 Å². The van der Waals surface area contributed by atoms with E-state index in [0.29, 0.717) is 25.4 Å². The zero-order chi connectivity index (χ0) is 22.5. The Bertz CT molecular complexity index is 1140. The van der Waals surface area contributed by atoms with E-state index in [1.807, 2.05) is 55.1 Å². The Kier molecular flexibility index (Phi) is 6.91. The number of aromatic nitrogens is 2. The molecule has 1 aromatic carbocycles. The minimum Gasteiger partial charge on any atom is -0.468 e. The van der Waals surface area contributed by atoms with E-state index in [1.54, 1.807) is 12.3 Å². The van der Waals surface area contributed by atoms with Crippen molar-refractivity contribution < 1.29 is 9.21 Å². The molecule has 0 fully saturated rings. The van der Waals surface area contributed by atoms with Gasteiger partial charge in [-0.1, -0.05) is 44.2 Å². The highest BCUT2D eigenvalue weighted by molar-refractivity contribution is 6.01. The SMILES string of the molecule is CC(C)Cn1c(N)c(C(=O)CN(Cc2ccccc2)Cc2ccco2)c(=O)n(C)c1=O. The van der Waals surface area contributed by atoms with Crippen molar-refractivity contribution in [1.29, 1.82) is 0 Å². The van der Waals surface area contributed by atoms with Crippen LogP contribution in [0.15, 0.2) is 62.7 Å². The first-order valence-corrected chi connectivity index (χ1v) is 10.2. The normalized spacial score (nSPS) is 11.4. The van der Waals surface area contributed by atoms with Crippen molar-refractivity contribution in [3.63, 3.8) is 0 Å². The molecule has 0 spiro atoms. The van der Waals surface area contributed by atoms with Crippen LogP contribution in [0.5, 0.6) is 0 Å². The zero-order valence-electron chi connectivity index (χ0n) is 18.1. The van der Waals surface area contributed by atoms with Crippen molar-refractivity contribution in [2.45, 2.75) is 33.5 Å². The highest BCUT2D eigenvalue weighted by Crippen LogP contribution is 2.14. The molecule has 2 heterocycles. The van der Waals surface area contributed by atoms with Crippen LogP contribution in [0.4, 0.5) is 5.82 Å². The molecule has 0 aliphatic heterocycles. The summed E-state index contributed by atoms with van der Waals surface area (Å²) >= 11 is 0. The van der Waals surface area contributed by atoms with E-state index in [4.69, 9.17) is 10.2 Å². The van der Waals surface area contributed by atoms with Gasteiger partial charge >= 0.3 is 5.69 Å². The quantitative estimate of drug-likeness (QED) is 0.529. The predicted molar refractivity (Wildman–Crippen MR) is 119 cm³/mol. The van der Waals surface area contributed by atoms with Crippen LogP contribution in [-0.2, 0) is 26.7 Å². The van der Waals surface area contributed by atoms with Crippen molar-refractivity contribution in [2.24, 2.45) is 13.0 Å². The maximum atomic E-state index is 13.2. The third kappa shape index (κ3) is 5.21. The van der Waals surface area contributed by atoms with Crippen molar-refractivity contribution in [2.75, 3.05) is 12.3 Å². The summed E-state index contributed by atoms with van der Waals surface area (Å²) in [6.07, 6.45) is 1.58. The highest BCUT2D eigenvalue weighted by atomic mass is 16.3. The molecule has 164 valence electrons. The van der Waals surface area contributed by atoms with Gasteiger partial charge in [0, 0.05) is 20.1 Å². The van der Waals surface area contributed by atoms with Crippen LogP contribution in [0.3, 0.4) is 0 Å². The van der Waals surface area contributed by atoms with E-state index in [-0.39, 0.29) is 23.8 Å². The Morgan fingerprint density at radius 3 is 2.42 bits per heavy atom. The van der Waals surface area contributed by atoms with Gasteiger partial charge in [0.15, 0.2) is 5.78 Å². The monoisotopic (exact) mass is 424 g/mol. The number of nitrogens with two attached hydrogens (primary N) is 1. The van der Waals surface area contributed by atoms with Crippen LogP contribution >= 0.6 is 0 Å². The maximum absolute atomic E-state index is 13.2. The van der Waals surface area contributed by atoms with E-state index >= 15 is 0 Å². The molecule has 2 N–H and O–H groups in total. The van der Waals surface area contributed by atoms with Crippen molar-refractivity contribution >= 4 is 11.6 Å².